The van der Waals surface area contributed by atoms with Gasteiger partial charge in [-0.2, -0.15) is 0 Å². The maximum Gasteiger partial charge on any atom is 0.303 e. The molecule has 2 aromatic rings. The van der Waals surface area contributed by atoms with E-state index in [1.165, 1.54) is 18.4 Å². The average molecular weight is 422 g/mol. The molecule has 1 saturated heterocycles. The Bertz CT molecular complexity index is 884. The highest BCUT2D eigenvalue weighted by Crippen LogP contribution is 2.39. The van der Waals surface area contributed by atoms with E-state index >= 15 is 0 Å². The number of benzene rings is 1. The van der Waals surface area contributed by atoms with Crippen molar-refractivity contribution >= 4 is 57.8 Å². The van der Waals surface area contributed by atoms with Gasteiger partial charge in [-0.1, -0.05) is 23.2 Å². The molecule has 0 saturated carbocycles. The summed E-state index contributed by atoms with van der Waals surface area (Å²) >= 11 is 18.4. The fourth-order valence-electron chi connectivity index (χ4n) is 2.99. The number of hydrogen-bond acceptors (Lipinski definition) is 6. The standard InChI is InChI=1S/C16H15Cl3N2O5/c1-6-13(25-7(2)22)14(26-8(3)23)15(24-6)21-12-5-10(18)9(17)4-11(12)20-16(21)19/h4-6,13-15H,1-3H3/t6-,13-,14-,15?/m1/s1. The molecule has 0 amide bonds. The van der Waals surface area contributed by atoms with Gasteiger partial charge in [0.1, 0.15) is 0 Å². The van der Waals surface area contributed by atoms with Crippen LogP contribution in [0.5, 0.6) is 0 Å². The smallest absolute Gasteiger partial charge is 0.303 e. The fraction of sp³-hybridized carbons (Fsp3) is 0.438. The van der Waals surface area contributed by atoms with Gasteiger partial charge in [0, 0.05) is 13.8 Å². The number of halogens is 3. The molecule has 1 aromatic carbocycles. The Kier molecular flexibility index (Phi) is 5.35. The summed E-state index contributed by atoms with van der Waals surface area (Å²) in [6.45, 7) is 4.24. The quantitative estimate of drug-likeness (QED) is 0.702. The number of nitrogens with zero attached hydrogens (tertiary/aromatic N) is 2. The Morgan fingerprint density at radius 3 is 2.27 bits per heavy atom. The molecule has 0 aliphatic carbocycles. The Labute approximate surface area is 164 Å². The lowest BCUT2D eigenvalue weighted by Crippen LogP contribution is -2.38. The van der Waals surface area contributed by atoms with Crippen LogP contribution in [0.4, 0.5) is 0 Å². The van der Waals surface area contributed by atoms with Gasteiger partial charge in [0.15, 0.2) is 18.4 Å². The highest BCUT2D eigenvalue weighted by Gasteiger charge is 2.49. The van der Waals surface area contributed by atoms with Crippen LogP contribution in [0.15, 0.2) is 12.1 Å². The number of carbonyl (C=O) groups is 2. The van der Waals surface area contributed by atoms with Crippen molar-refractivity contribution < 1.29 is 23.8 Å². The second-order valence-electron chi connectivity index (χ2n) is 5.89. The third-order valence-corrected chi connectivity index (χ3v) is 4.96. The Morgan fingerprint density at radius 1 is 1.08 bits per heavy atom. The molecule has 4 atom stereocenters. The van der Waals surface area contributed by atoms with Crippen molar-refractivity contribution in [2.75, 3.05) is 0 Å². The van der Waals surface area contributed by atoms with Gasteiger partial charge in [0.2, 0.25) is 5.28 Å². The summed E-state index contributed by atoms with van der Waals surface area (Å²) in [4.78, 5) is 27.3. The van der Waals surface area contributed by atoms with Gasteiger partial charge in [-0.3, -0.25) is 14.2 Å². The van der Waals surface area contributed by atoms with Crippen LogP contribution in [-0.4, -0.2) is 39.8 Å². The van der Waals surface area contributed by atoms with Crippen molar-refractivity contribution in [1.29, 1.82) is 0 Å². The summed E-state index contributed by atoms with van der Waals surface area (Å²) in [5.41, 5.74) is 1.04. The Hall–Kier alpha value is -1.54. The molecule has 0 radical (unpaired) electrons. The van der Waals surface area contributed by atoms with Gasteiger partial charge in [-0.15, -0.1) is 0 Å². The van der Waals surface area contributed by atoms with Gasteiger partial charge in [0.25, 0.3) is 0 Å². The molecular formula is C16H15Cl3N2O5. The number of rotatable bonds is 3. The number of imidazole rings is 1. The number of carbonyl (C=O) groups excluding carboxylic acids is 2. The van der Waals surface area contributed by atoms with Crippen LogP contribution in [0.2, 0.25) is 15.3 Å². The largest absolute Gasteiger partial charge is 0.456 e. The van der Waals surface area contributed by atoms with E-state index in [9.17, 15) is 9.59 Å². The van der Waals surface area contributed by atoms with E-state index in [2.05, 4.69) is 4.98 Å². The SMILES string of the molecule is CC(=O)O[C@@H]1[C@@H](C)OC(n2c(Cl)nc3cc(Cl)c(Cl)cc32)[C@@H]1OC(C)=O. The molecule has 1 unspecified atom stereocenters. The van der Waals surface area contributed by atoms with Gasteiger partial charge < -0.3 is 14.2 Å². The van der Waals surface area contributed by atoms with Gasteiger partial charge in [-0.05, 0) is 30.7 Å². The number of aromatic nitrogens is 2. The summed E-state index contributed by atoms with van der Waals surface area (Å²) in [5, 5.41) is 0.732. The minimum Gasteiger partial charge on any atom is -0.456 e. The topological polar surface area (TPSA) is 79.7 Å². The highest BCUT2D eigenvalue weighted by molar-refractivity contribution is 6.42. The maximum absolute atomic E-state index is 11.6. The average Bonchev–Trinajstić information content (AvgIpc) is 2.97. The minimum atomic E-state index is -0.907. The Morgan fingerprint density at radius 2 is 1.65 bits per heavy atom. The number of hydrogen-bond donors (Lipinski definition) is 0. The molecule has 0 spiro atoms. The van der Waals surface area contributed by atoms with Gasteiger partial charge in [-0.25, -0.2) is 4.98 Å². The first kappa shape index (κ1) is 19.2. The molecule has 10 heteroatoms. The molecule has 0 N–H and O–H groups in total. The summed E-state index contributed by atoms with van der Waals surface area (Å²) < 4.78 is 18.1. The van der Waals surface area contributed by atoms with E-state index < -0.39 is 36.5 Å². The predicted octanol–water partition coefficient (Wildman–Crippen LogP) is 3.78. The minimum absolute atomic E-state index is 0.0937. The van der Waals surface area contributed by atoms with Crippen LogP contribution in [0.1, 0.15) is 27.0 Å². The van der Waals surface area contributed by atoms with Gasteiger partial charge in [0.05, 0.1) is 27.2 Å². The first-order valence-corrected chi connectivity index (χ1v) is 8.84. The second kappa shape index (κ2) is 7.23. The highest BCUT2D eigenvalue weighted by atomic mass is 35.5. The molecule has 0 bridgehead atoms. The van der Waals surface area contributed by atoms with Crippen LogP contribution >= 0.6 is 34.8 Å². The predicted molar refractivity (Wildman–Crippen MR) is 95.5 cm³/mol. The van der Waals surface area contributed by atoms with Crippen molar-refractivity contribution in [3.05, 3.63) is 27.5 Å². The zero-order chi connectivity index (χ0) is 19.2. The third-order valence-electron chi connectivity index (χ3n) is 3.97. The van der Waals surface area contributed by atoms with Crippen LogP contribution < -0.4 is 0 Å². The molecule has 140 valence electrons. The van der Waals surface area contributed by atoms with E-state index in [-0.39, 0.29) is 5.28 Å². The molecule has 3 rings (SSSR count). The van der Waals surface area contributed by atoms with E-state index in [1.54, 1.807) is 19.1 Å². The van der Waals surface area contributed by atoms with E-state index in [0.717, 1.165) is 0 Å². The Balaban J connectivity index is 2.10. The van der Waals surface area contributed by atoms with E-state index in [1.807, 2.05) is 0 Å². The van der Waals surface area contributed by atoms with E-state index in [0.29, 0.717) is 21.1 Å². The lowest BCUT2D eigenvalue weighted by Gasteiger charge is -2.24. The third kappa shape index (κ3) is 3.49. The van der Waals surface area contributed by atoms with Crippen molar-refractivity contribution in [3.8, 4) is 0 Å². The zero-order valence-corrected chi connectivity index (χ0v) is 16.3. The second-order valence-corrected chi connectivity index (χ2v) is 7.04. The summed E-state index contributed by atoms with van der Waals surface area (Å²) in [7, 11) is 0. The van der Waals surface area contributed by atoms with Crippen LogP contribution in [0.25, 0.3) is 11.0 Å². The summed E-state index contributed by atoms with van der Waals surface area (Å²) in [5.74, 6) is -1.06. The lowest BCUT2D eigenvalue weighted by atomic mass is 10.1. The molecule has 1 fully saturated rings. The first-order valence-electron chi connectivity index (χ1n) is 7.71. The van der Waals surface area contributed by atoms with E-state index in [4.69, 9.17) is 49.0 Å². The number of fused-ring (bicyclic) bond motifs is 1. The molecule has 1 aliphatic heterocycles. The monoisotopic (exact) mass is 420 g/mol. The van der Waals surface area contributed by atoms with Gasteiger partial charge >= 0.3 is 11.9 Å². The first-order chi connectivity index (χ1) is 12.2. The molecule has 1 aromatic heterocycles. The molecule has 2 heterocycles. The number of ether oxygens (including phenoxy) is 3. The maximum atomic E-state index is 11.6. The van der Waals surface area contributed by atoms with Crippen LogP contribution in [-0.2, 0) is 23.8 Å². The van der Waals surface area contributed by atoms with Crippen molar-refractivity contribution in [2.24, 2.45) is 0 Å². The molecule has 1 aliphatic rings. The van der Waals surface area contributed by atoms with Crippen LogP contribution in [0.3, 0.4) is 0 Å². The lowest BCUT2D eigenvalue weighted by molar-refractivity contribution is -0.165. The normalized spacial score (nSPS) is 25.5. The zero-order valence-electron chi connectivity index (χ0n) is 14.0. The summed E-state index contributed by atoms with van der Waals surface area (Å²) in [6, 6.07) is 3.17. The fourth-order valence-corrected chi connectivity index (χ4v) is 3.58. The summed E-state index contributed by atoms with van der Waals surface area (Å²) in [6.07, 6.45) is -3.09. The number of esters is 2. The van der Waals surface area contributed by atoms with Crippen LogP contribution in [0, 0.1) is 0 Å². The van der Waals surface area contributed by atoms with Crippen molar-refractivity contribution in [2.45, 2.75) is 45.3 Å². The molecule has 7 nitrogen and oxygen atoms in total. The molecule has 26 heavy (non-hydrogen) atoms. The van der Waals surface area contributed by atoms with Crippen molar-refractivity contribution in [3.63, 3.8) is 0 Å². The van der Waals surface area contributed by atoms with Crippen molar-refractivity contribution in [1.82, 2.24) is 9.55 Å². The molecular weight excluding hydrogens is 407 g/mol.